The van der Waals surface area contributed by atoms with Crippen molar-refractivity contribution in [3.63, 3.8) is 0 Å². The highest BCUT2D eigenvalue weighted by atomic mass is 19.3. The Kier molecular flexibility index (Phi) is 6.94. The number of carbonyl (C=O) groups excluding carboxylic acids is 2. The lowest BCUT2D eigenvalue weighted by Gasteiger charge is -2.34. The van der Waals surface area contributed by atoms with Crippen LogP contribution < -0.4 is 10.1 Å². The fourth-order valence-corrected chi connectivity index (χ4v) is 3.21. The molecule has 2 atom stereocenters. The molecule has 1 aromatic carbocycles. The fraction of sp³-hybridized carbons (Fsp3) is 0.300. The number of aromatic nitrogens is 1. The third-order valence-electron chi connectivity index (χ3n) is 4.74. The van der Waals surface area contributed by atoms with Gasteiger partial charge in [-0.3, -0.25) is 10.1 Å². The monoisotopic (exact) mass is 432 g/mol. The first-order chi connectivity index (χ1) is 14.9. The standard InChI is InChI=1S/C20H18F2N4O5/c21-15-10-26(19(28)11-27)6-4-17(15)30-16-2-1-12(7-14(16)9-23)13-3-5-24-18(8-13)25-20(29)31-22/h1-3,5,7-8,15,17,27H,4,6,10-11H2,(H,24,25,29)/t15-,17+/m1/s1. The van der Waals surface area contributed by atoms with Gasteiger partial charge >= 0.3 is 6.09 Å². The third kappa shape index (κ3) is 5.23. The molecule has 1 saturated heterocycles. The number of aliphatic hydroxyl groups is 1. The minimum atomic E-state index is -1.47. The number of carbonyl (C=O) groups is 2. The van der Waals surface area contributed by atoms with E-state index in [1.807, 2.05) is 6.07 Å². The molecule has 162 valence electrons. The Morgan fingerprint density at radius 1 is 1.32 bits per heavy atom. The molecule has 0 saturated carbocycles. The molecule has 1 fully saturated rings. The number of nitrogens with one attached hydrogen (secondary N) is 1. The van der Waals surface area contributed by atoms with Crippen molar-refractivity contribution in [3.8, 4) is 22.9 Å². The molecule has 1 aromatic heterocycles. The van der Waals surface area contributed by atoms with Crippen molar-refractivity contribution in [1.82, 2.24) is 9.88 Å². The maximum atomic E-state index is 14.5. The topological polar surface area (TPSA) is 125 Å². The molecule has 2 amide bonds. The largest absolute Gasteiger partial charge is 0.486 e. The van der Waals surface area contributed by atoms with Crippen LogP contribution in [0.5, 0.6) is 5.75 Å². The molecule has 11 heteroatoms. The summed E-state index contributed by atoms with van der Waals surface area (Å²) in [6.45, 7) is -0.643. The average Bonchev–Trinajstić information content (AvgIpc) is 2.80. The first-order valence-electron chi connectivity index (χ1n) is 9.24. The molecular weight excluding hydrogens is 414 g/mol. The van der Waals surface area contributed by atoms with Crippen LogP contribution in [0.4, 0.5) is 19.5 Å². The number of ether oxygens (including phenoxy) is 1. The minimum absolute atomic E-state index is 0.0449. The fourth-order valence-electron chi connectivity index (χ4n) is 3.21. The van der Waals surface area contributed by atoms with Crippen LogP contribution in [0.25, 0.3) is 11.1 Å². The maximum Gasteiger partial charge on any atom is 0.450 e. The molecule has 0 bridgehead atoms. The quantitative estimate of drug-likeness (QED) is 0.743. The molecule has 0 radical (unpaired) electrons. The lowest BCUT2D eigenvalue weighted by Crippen LogP contribution is -2.50. The van der Waals surface area contributed by atoms with Gasteiger partial charge < -0.3 is 14.7 Å². The number of amides is 2. The van der Waals surface area contributed by atoms with Gasteiger partial charge in [-0.05, 0) is 35.4 Å². The van der Waals surface area contributed by atoms with Gasteiger partial charge in [0, 0.05) is 23.7 Å². The van der Waals surface area contributed by atoms with E-state index in [4.69, 9.17) is 9.84 Å². The average molecular weight is 432 g/mol. The number of hydrogen-bond donors (Lipinski definition) is 2. The Labute approximate surface area is 175 Å². The maximum absolute atomic E-state index is 14.5. The van der Waals surface area contributed by atoms with Crippen molar-refractivity contribution in [2.24, 2.45) is 0 Å². The molecule has 0 spiro atoms. The first-order valence-corrected chi connectivity index (χ1v) is 9.24. The van der Waals surface area contributed by atoms with E-state index < -0.39 is 30.9 Å². The lowest BCUT2D eigenvalue weighted by molar-refractivity contribution is -0.138. The summed E-state index contributed by atoms with van der Waals surface area (Å²) in [6, 6.07) is 9.77. The zero-order chi connectivity index (χ0) is 22.4. The Morgan fingerprint density at radius 2 is 2.10 bits per heavy atom. The molecule has 2 heterocycles. The summed E-state index contributed by atoms with van der Waals surface area (Å²) in [6.07, 6.45) is -2.04. The van der Waals surface area contributed by atoms with Gasteiger partial charge in [-0.25, -0.2) is 19.1 Å². The first kappa shape index (κ1) is 21.9. The number of aliphatic hydroxyl groups excluding tert-OH is 1. The van der Waals surface area contributed by atoms with E-state index >= 15 is 0 Å². The van der Waals surface area contributed by atoms with E-state index in [0.29, 0.717) is 11.1 Å². The van der Waals surface area contributed by atoms with E-state index in [0.717, 1.165) is 0 Å². The van der Waals surface area contributed by atoms with Crippen LogP contribution in [0, 0.1) is 11.3 Å². The van der Waals surface area contributed by atoms with Crippen LogP contribution in [0.2, 0.25) is 0 Å². The van der Waals surface area contributed by atoms with Crippen LogP contribution >= 0.6 is 0 Å². The molecule has 0 unspecified atom stereocenters. The number of hydrogen-bond acceptors (Lipinski definition) is 7. The van der Waals surface area contributed by atoms with Crippen molar-refractivity contribution in [2.45, 2.75) is 18.7 Å². The second-order valence-electron chi connectivity index (χ2n) is 6.70. The van der Waals surface area contributed by atoms with Crippen molar-refractivity contribution < 1.29 is 33.3 Å². The summed E-state index contributed by atoms with van der Waals surface area (Å²) in [5.74, 6) is -0.313. The summed E-state index contributed by atoms with van der Waals surface area (Å²) in [5, 5.41) is 20.5. The Hall–Kier alpha value is -3.78. The number of rotatable bonds is 5. The lowest BCUT2D eigenvalue weighted by atomic mass is 10.0. The third-order valence-corrected chi connectivity index (χ3v) is 4.74. The highest BCUT2D eigenvalue weighted by Crippen LogP contribution is 2.30. The number of likely N-dealkylation sites (tertiary alicyclic amines) is 1. The zero-order valence-corrected chi connectivity index (χ0v) is 16.1. The van der Waals surface area contributed by atoms with Crippen LogP contribution in [-0.4, -0.2) is 59.0 Å². The number of pyridine rings is 1. The van der Waals surface area contributed by atoms with E-state index in [1.165, 1.54) is 29.3 Å². The molecular formula is C20H18F2N4O5. The van der Waals surface area contributed by atoms with Gasteiger partial charge in [-0.2, -0.15) is 5.26 Å². The van der Waals surface area contributed by atoms with Gasteiger partial charge in [0.15, 0.2) is 6.17 Å². The van der Waals surface area contributed by atoms with Gasteiger partial charge in [-0.15, -0.1) is 0 Å². The number of benzene rings is 1. The van der Waals surface area contributed by atoms with Gasteiger partial charge in [0.25, 0.3) is 0 Å². The summed E-state index contributed by atoms with van der Waals surface area (Å²) in [4.78, 5) is 30.7. The number of nitrogens with zero attached hydrogens (tertiary/aromatic N) is 3. The van der Waals surface area contributed by atoms with Gasteiger partial charge in [0.05, 0.1) is 12.1 Å². The number of anilines is 1. The zero-order valence-electron chi connectivity index (χ0n) is 16.1. The number of nitriles is 1. The van der Waals surface area contributed by atoms with Crippen LogP contribution in [0.15, 0.2) is 36.5 Å². The molecule has 1 aliphatic heterocycles. The van der Waals surface area contributed by atoms with Crippen molar-refractivity contribution in [2.75, 3.05) is 25.0 Å². The van der Waals surface area contributed by atoms with Gasteiger partial charge in [0.1, 0.15) is 30.3 Å². The van der Waals surface area contributed by atoms with E-state index in [-0.39, 0.29) is 36.6 Å². The molecule has 9 nitrogen and oxygen atoms in total. The second-order valence-corrected chi connectivity index (χ2v) is 6.70. The summed E-state index contributed by atoms with van der Waals surface area (Å²) >= 11 is 0. The predicted molar refractivity (Wildman–Crippen MR) is 103 cm³/mol. The number of piperidine rings is 1. The van der Waals surface area contributed by atoms with Crippen LogP contribution in [-0.2, 0) is 9.74 Å². The second kappa shape index (κ2) is 9.82. The van der Waals surface area contributed by atoms with Crippen molar-refractivity contribution >= 4 is 17.8 Å². The molecule has 2 N–H and O–H groups in total. The number of alkyl halides is 1. The Morgan fingerprint density at radius 3 is 2.77 bits per heavy atom. The van der Waals surface area contributed by atoms with Crippen LogP contribution in [0.1, 0.15) is 12.0 Å². The summed E-state index contributed by atoms with van der Waals surface area (Å²) < 4.78 is 32.1. The van der Waals surface area contributed by atoms with Gasteiger partial charge in [0.2, 0.25) is 5.91 Å². The molecule has 1 aliphatic rings. The highest BCUT2D eigenvalue weighted by Gasteiger charge is 2.33. The van der Waals surface area contributed by atoms with Crippen LogP contribution in [0.3, 0.4) is 0 Å². The minimum Gasteiger partial charge on any atom is -0.486 e. The highest BCUT2D eigenvalue weighted by molar-refractivity contribution is 5.84. The van der Waals surface area contributed by atoms with E-state index in [2.05, 4.69) is 15.2 Å². The SMILES string of the molecule is N#Cc1cc(-c2ccnc(NC(=O)OF)c2)ccc1O[C@H]1CCN(C(=O)CO)C[C@H]1F. The summed E-state index contributed by atoms with van der Waals surface area (Å²) in [5.41, 5.74) is 1.32. The molecule has 3 rings (SSSR count). The Bertz CT molecular complexity index is 1010. The molecule has 31 heavy (non-hydrogen) atoms. The van der Waals surface area contributed by atoms with Gasteiger partial charge in [-0.1, -0.05) is 6.07 Å². The summed E-state index contributed by atoms with van der Waals surface area (Å²) in [7, 11) is 0. The Balaban J connectivity index is 1.75. The normalized spacial score (nSPS) is 18.1. The van der Waals surface area contributed by atoms with E-state index in [9.17, 15) is 23.8 Å². The smallest absolute Gasteiger partial charge is 0.450 e. The molecule has 2 aromatic rings. The van der Waals surface area contributed by atoms with Crippen molar-refractivity contribution in [3.05, 3.63) is 42.1 Å². The molecule has 0 aliphatic carbocycles. The number of halogens is 2. The van der Waals surface area contributed by atoms with Crippen molar-refractivity contribution in [1.29, 1.82) is 5.26 Å². The predicted octanol–water partition coefficient (Wildman–Crippen LogP) is 2.36. The van der Waals surface area contributed by atoms with E-state index in [1.54, 1.807) is 12.1 Å².